The summed E-state index contributed by atoms with van der Waals surface area (Å²) in [4.78, 5) is 0. The maximum absolute atomic E-state index is 5.86. The van der Waals surface area contributed by atoms with Gasteiger partial charge in [0.15, 0.2) is 5.76 Å². The molecule has 1 aromatic heterocycles. The molecule has 5 heteroatoms. The predicted molar refractivity (Wildman–Crippen MR) is 75.9 cm³/mol. The van der Waals surface area contributed by atoms with Crippen molar-refractivity contribution in [1.82, 2.24) is 5.16 Å². The van der Waals surface area contributed by atoms with Gasteiger partial charge in [0, 0.05) is 18.2 Å². The van der Waals surface area contributed by atoms with Crippen molar-refractivity contribution in [3.63, 3.8) is 0 Å². The third-order valence-corrected chi connectivity index (χ3v) is 2.86. The number of methoxy groups -OCH3 is 1. The van der Waals surface area contributed by atoms with Crippen LogP contribution >= 0.6 is 0 Å². The van der Waals surface area contributed by atoms with E-state index in [1.54, 1.807) is 7.11 Å². The van der Waals surface area contributed by atoms with E-state index in [9.17, 15) is 0 Å². The fourth-order valence-electron chi connectivity index (χ4n) is 1.94. The van der Waals surface area contributed by atoms with E-state index in [1.807, 2.05) is 38.1 Å². The minimum absolute atomic E-state index is 0.0678. The topological polar surface area (TPSA) is 70.5 Å². The molecular formula is C15H20N2O3. The van der Waals surface area contributed by atoms with Crippen molar-refractivity contribution in [2.24, 2.45) is 5.73 Å². The zero-order valence-electron chi connectivity index (χ0n) is 12.1. The number of aromatic nitrogens is 1. The Bertz CT molecular complexity index is 564. The number of nitrogens with two attached hydrogens (primary N) is 1. The van der Waals surface area contributed by atoms with Crippen molar-refractivity contribution in [2.75, 3.05) is 7.11 Å². The van der Waals surface area contributed by atoms with Gasteiger partial charge in [-0.25, -0.2) is 0 Å². The molecule has 20 heavy (non-hydrogen) atoms. The average Bonchev–Trinajstić information content (AvgIpc) is 2.83. The van der Waals surface area contributed by atoms with Crippen LogP contribution in [0, 0.1) is 6.92 Å². The Morgan fingerprint density at radius 1 is 1.35 bits per heavy atom. The summed E-state index contributed by atoms with van der Waals surface area (Å²) in [5.74, 6) is 2.20. The van der Waals surface area contributed by atoms with Crippen LogP contribution in [-0.2, 0) is 13.0 Å². The van der Waals surface area contributed by atoms with Gasteiger partial charge in [-0.05, 0) is 31.9 Å². The number of aryl methyl sites for hydroxylation is 1. The lowest BCUT2D eigenvalue weighted by Gasteiger charge is -2.13. The Labute approximate surface area is 118 Å². The Hall–Kier alpha value is -2.01. The first-order chi connectivity index (χ1) is 9.58. The van der Waals surface area contributed by atoms with Crippen molar-refractivity contribution in [1.29, 1.82) is 0 Å². The van der Waals surface area contributed by atoms with Gasteiger partial charge in [-0.1, -0.05) is 11.2 Å². The van der Waals surface area contributed by atoms with E-state index in [4.69, 9.17) is 19.7 Å². The molecule has 0 aliphatic carbocycles. The molecular weight excluding hydrogens is 256 g/mol. The van der Waals surface area contributed by atoms with E-state index in [0.29, 0.717) is 12.4 Å². The third kappa shape index (κ3) is 3.74. The standard InChI is InChI=1S/C15H20N2O3/c1-10(16)6-12-4-5-13(18-3)8-15(12)19-9-14-7-11(2)17-20-14/h4-5,7-8,10H,6,9,16H2,1-3H3. The molecule has 0 aliphatic heterocycles. The summed E-state index contributed by atoms with van der Waals surface area (Å²) in [7, 11) is 1.63. The van der Waals surface area contributed by atoms with Gasteiger partial charge in [-0.15, -0.1) is 0 Å². The zero-order valence-corrected chi connectivity index (χ0v) is 12.1. The van der Waals surface area contributed by atoms with Crippen LogP contribution < -0.4 is 15.2 Å². The molecule has 0 saturated carbocycles. The summed E-state index contributed by atoms with van der Waals surface area (Å²) in [5, 5.41) is 3.83. The summed E-state index contributed by atoms with van der Waals surface area (Å²) in [6.07, 6.45) is 0.745. The molecule has 108 valence electrons. The number of benzene rings is 1. The molecule has 0 fully saturated rings. The van der Waals surface area contributed by atoms with Crippen LogP contribution in [0.25, 0.3) is 0 Å². The lowest BCUT2D eigenvalue weighted by molar-refractivity contribution is 0.245. The van der Waals surface area contributed by atoms with E-state index in [1.165, 1.54) is 0 Å². The highest BCUT2D eigenvalue weighted by Gasteiger charge is 2.10. The van der Waals surface area contributed by atoms with E-state index < -0.39 is 0 Å². The summed E-state index contributed by atoms with van der Waals surface area (Å²) >= 11 is 0. The minimum atomic E-state index is 0.0678. The van der Waals surface area contributed by atoms with Gasteiger partial charge < -0.3 is 19.7 Å². The highest BCUT2D eigenvalue weighted by atomic mass is 16.5. The van der Waals surface area contributed by atoms with Crippen LogP contribution in [0.15, 0.2) is 28.8 Å². The monoisotopic (exact) mass is 276 g/mol. The van der Waals surface area contributed by atoms with Crippen molar-refractivity contribution in [3.05, 3.63) is 41.3 Å². The molecule has 0 amide bonds. The number of hydrogen-bond donors (Lipinski definition) is 1. The number of hydrogen-bond acceptors (Lipinski definition) is 5. The summed E-state index contributed by atoms with van der Waals surface area (Å²) in [6, 6.07) is 7.66. The van der Waals surface area contributed by atoms with E-state index in [0.717, 1.165) is 29.2 Å². The van der Waals surface area contributed by atoms with Crippen LogP contribution in [0.1, 0.15) is 23.9 Å². The van der Waals surface area contributed by atoms with E-state index in [-0.39, 0.29) is 6.04 Å². The molecule has 5 nitrogen and oxygen atoms in total. The van der Waals surface area contributed by atoms with Gasteiger partial charge in [0.25, 0.3) is 0 Å². The molecule has 1 unspecified atom stereocenters. The predicted octanol–water partition coefficient (Wildman–Crippen LogP) is 2.46. The first kappa shape index (κ1) is 14.4. The van der Waals surface area contributed by atoms with Crippen LogP contribution in [0.3, 0.4) is 0 Å². The van der Waals surface area contributed by atoms with Gasteiger partial charge in [0.05, 0.1) is 12.8 Å². The second-order valence-corrected chi connectivity index (χ2v) is 4.88. The lowest BCUT2D eigenvalue weighted by atomic mass is 10.1. The number of nitrogens with zero attached hydrogens (tertiary/aromatic N) is 1. The van der Waals surface area contributed by atoms with Crippen LogP contribution in [0.4, 0.5) is 0 Å². The van der Waals surface area contributed by atoms with Crippen molar-refractivity contribution < 1.29 is 14.0 Å². The smallest absolute Gasteiger partial charge is 0.174 e. The average molecular weight is 276 g/mol. The van der Waals surface area contributed by atoms with Gasteiger partial charge in [0.2, 0.25) is 0 Å². The Kier molecular flexibility index (Phi) is 4.63. The van der Waals surface area contributed by atoms with E-state index >= 15 is 0 Å². The second-order valence-electron chi connectivity index (χ2n) is 4.88. The molecule has 0 spiro atoms. The maximum Gasteiger partial charge on any atom is 0.174 e. The zero-order chi connectivity index (χ0) is 14.5. The lowest BCUT2D eigenvalue weighted by Crippen LogP contribution is -2.18. The summed E-state index contributed by atoms with van der Waals surface area (Å²) < 4.78 is 16.2. The minimum Gasteiger partial charge on any atom is -0.497 e. The molecule has 1 atom stereocenters. The van der Waals surface area contributed by atoms with Gasteiger partial charge >= 0.3 is 0 Å². The fourth-order valence-corrected chi connectivity index (χ4v) is 1.94. The number of rotatable bonds is 6. The second kappa shape index (κ2) is 6.43. The van der Waals surface area contributed by atoms with Crippen molar-refractivity contribution >= 4 is 0 Å². The summed E-state index contributed by atoms with van der Waals surface area (Å²) in [5.41, 5.74) is 7.75. The quantitative estimate of drug-likeness (QED) is 0.877. The van der Waals surface area contributed by atoms with Gasteiger partial charge in [0.1, 0.15) is 18.1 Å². The maximum atomic E-state index is 5.86. The molecule has 0 bridgehead atoms. The largest absolute Gasteiger partial charge is 0.497 e. The highest BCUT2D eigenvalue weighted by molar-refractivity contribution is 5.41. The van der Waals surface area contributed by atoms with E-state index in [2.05, 4.69) is 5.16 Å². The molecule has 2 aromatic rings. The van der Waals surface area contributed by atoms with Crippen LogP contribution in [-0.4, -0.2) is 18.3 Å². The first-order valence-electron chi connectivity index (χ1n) is 6.56. The van der Waals surface area contributed by atoms with Crippen molar-refractivity contribution in [2.45, 2.75) is 32.9 Å². The normalized spacial score (nSPS) is 12.2. The van der Waals surface area contributed by atoms with Gasteiger partial charge in [-0.3, -0.25) is 0 Å². The third-order valence-electron chi connectivity index (χ3n) is 2.86. The van der Waals surface area contributed by atoms with Crippen LogP contribution in [0.2, 0.25) is 0 Å². The SMILES string of the molecule is COc1ccc(CC(C)N)c(OCc2cc(C)no2)c1. The summed E-state index contributed by atoms with van der Waals surface area (Å²) in [6.45, 7) is 4.17. The fraction of sp³-hybridized carbons (Fsp3) is 0.400. The Balaban J connectivity index is 2.14. The highest BCUT2D eigenvalue weighted by Crippen LogP contribution is 2.26. The molecule has 0 saturated heterocycles. The van der Waals surface area contributed by atoms with Crippen LogP contribution in [0.5, 0.6) is 11.5 Å². The number of ether oxygens (including phenoxy) is 2. The molecule has 0 aliphatic rings. The molecule has 2 rings (SSSR count). The first-order valence-corrected chi connectivity index (χ1v) is 6.56. The molecule has 0 radical (unpaired) electrons. The molecule has 2 N–H and O–H groups in total. The Morgan fingerprint density at radius 3 is 2.75 bits per heavy atom. The van der Waals surface area contributed by atoms with Gasteiger partial charge in [-0.2, -0.15) is 0 Å². The van der Waals surface area contributed by atoms with Crippen molar-refractivity contribution in [3.8, 4) is 11.5 Å². The Morgan fingerprint density at radius 2 is 2.15 bits per heavy atom. The molecule has 1 aromatic carbocycles. The molecule has 1 heterocycles.